The molecule has 0 spiro atoms. The van der Waals surface area contributed by atoms with Crippen LogP contribution in [-0.2, 0) is 14.8 Å². The molecule has 1 N–H and O–H groups in total. The molecule has 0 saturated carbocycles. The maximum Gasteiger partial charge on any atom is 0.243 e. The van der Waals surface area contributed by atoms with Crippen LogP contribution < -0.4 is 5.32 Å². The molecule has 9 heteroatoms. The summed E-state index contributed by atoms with van der Waals surface area (Å²) in [5, 5.41) is 3.24. The number of aryl methyl sites for hydroxylation is 1. The Morgan fingerprint density at radius 3 is 2.45 bits per heavy atom. The van der Waals surface area contributed by atoms with Gasteiger partial charge in [-0.2, -0.15) is 4.31 Å². The van der Waals surface area contributed by atoms with E-state index in [0.717, 1.165) is 57.8 Å². The average Bonchev–Trinajstić information content (AvgIpc) is 2.77. The maximum atomic E-state index is 13.4. The number of likely N-dealkylation sites (N-methyl/N-ethyl adjacent to an activating group) is 1. The molecule has 1 aromatic rings. The van der Waals surface area contributed by atoms with E-state index in [-0.39, 0.29) is 18.9 Å². The van der Waals surface area contributed by atoms with Gasteiger partial charge in [0.1, 0.15) is 0 Å². The maximum absolute atomic E-state index is 13.4. The molecule has 0 radical (unpaired) electrons. The highest BCUT2D eigenvalue weighted by Crippen LogP contribution is 2.18. The van der Waals surface area contributed by atoms with Gasteiger partial charge in [-0.3, -0.25) is 4.79 Å². The number of nitrogens with one attached hydrogen (secondary N) is 1. The Balaban J connectivity index is 1.63. The van der Waals surface area contributed by atoms with Crippen LogP contribution in [0.3, 0.4) is 0 Å². The minimum atomic E-state index is -3.64. The number of piperazine rings is 2. The molecule has 31 heavy (non-hydrogen) atoms. The Morgan fingerprint density at radius 1 is 1.06 bits per heavy atom. The molecule has 0 aliphatic carbocycles. The second kappa shape index (κ2) is 11.4. The first kappa shape index (κ1) is 24.1. The molecular weight excluding hydrogens is 414 g/mol. The SMILES string of the molecule is Cc1cccc(S(=O)(=O)N(CCCN2CCN(C)CC2)CCC(=O)N2CCNCC2)c1. The van der Waals surface area contributed by atoms with Crippen molar-refractivity contribution in [1.82, 2.24) is 24.3 Å². The van der Waals surface area contributed by atoms with E-state index in [1.54, 1.807) is 18.2 Å². The van der Waals surface area contributed by atoms with E-state index in [1.165, 1.54) is 4.31 Å². The summed E-state index contributed by atoms with van der Waals surface area (Å²) in [7, 11) is -1.51. The number of carbonyl (C=O) groups is 1. The molecule has 0 unspecified atom stereocenters. The van der Waals surface area contributed by atoms with Crippen LogP contribution in [0.15, 0.2) is 29.2 Å². The van der Waals surface area contributed by atoms with Crippen molar-refractivity contribution < 1.29 is 13.2 Å². The normalized spacial score (nSPS) is 19.1. The molecule has 2 aliphatic rings. The summed E-state index contributed by atoms with van der Waals surface area (Å²) in [5.74, 6) is 0.0324. The number of nitrogens with zero attached hydrogens (tertiary/aromatic N) is 4. The lowest BCUT2D eigenvalue weighted by atomic mass is 10.2. The third-order valence-electron chi connectivity index (χ3n) is 6.15. The van der Waals surface area contributed by atoms with Gasteiger partial charge >= 0.3 is 0 Å². The van der Waals surface area contributed by atoms with Crippen molar-refractivity contribution in [3.05, 3.63) is 29.8 Å². The summed E-state index contributed by atoms with van der Waals surface area (Å²) in [6, 6.07) is 7.02. The quantitative estimate of drug-likeness (QED) is 0.587. The van der Waals surface area contributed by atoms with Crippen molar-refractivity contribution in [2.45, 2.75) is 24.7 Å². The molecule has 8 nitrogen and oxygen atoms in total. The molecule has 2 saturated heterocycles. The highest BCUT2D eigenvalue weighted by Gasteiger charge is 2.26. The molecule has 2 heterocycles. The number of amides is 1. The van der Waals surface area contributed by atoms with Gasteiger partial charge < -0.3 is 20.0 Å². The molecule has 0 bridgehead atoms. The molecule has 0 atom stereocenters. The zero-order valence-electron chi connectivity index (χ0n) is 18.9. The van der Waals surface area contributed by atoms with Gasteiger partial charge in [0.25, 0.3) is 0 Å². The summed E-state index contributed by atoms with van der Waals surface area (Å²) in [4.78, 5) is 19.5. The van der Waals surface area contributed by atoms with Gasteiger partial charge in [-0.1, -0.05) is 12.1 Å². The first-order valence-electron chi connectivity index (χ1n) is 11.3. The number of benzene rings is 1. The number of hydrogen-bond donors (Lipinski definition) is 1. The molecule has 0 aromatic heterocycles. The first-order valence-corrected chi connectivity index (χ1v) is 12.8. The highest BCUT2D eigenvalue weighted by atomic mass is 32.2. The van der Waals surface area contributed by atoms with E-state index in [9.17, 15) is 13.2 Å². The van der Waals surface area contributed by atoms with Crippen LogP contribution in [0, 0.1) is 6.92 Å². The van der Waals surface area contributed by atoms with Gasteiger partial charge in [0.15, 0.2) is 0 Å². The van der Waals surface area contributed by atoms with E-state index >= 15 is 0 Å². The third-order valence-corrected chi connectivity index (χ3v) is 8.04. The van der Waals surface area contributed by atoms with Crippen LogP contribution in [0.5, 0.6) is 0 Å². The standard InChI is InChI=1S/C22H37N5O3S/c1-20-5-3-6-21(19-20)31(29,30)27(11-4-10-25-17-15-24(2)16-18-25)12-7-22(28)26-13-8-23-9-14-26/h3,5-6,19,23H,4,7-18H2,1-2H3. The fourth-order valence-corrected chi connectivity index (χ4v) is 5.70. The molecular formula is C22H37N5O3S. The van der Waals surface area contributed by atoms with Crippen LogP contribution in [-0.4, -0.2) is 112 Å². The van der Waals surface area contributed by atoms with Gasteiger partial charge in [-0.05, 0) is 44.6 Å². The molecule has 2 aliphatic heterocycles. The van der Waals surface area contributed by atoms with Crippen molar-refractivity contribution in [3.63, 3.8) is 0 Å². The largest absolute Gasteiger partial charge is 0.340 e. The van der Waals surface area contributed by atoms with Crippen molar-refractivity contribution >= 4 is 15.9 Å². The minimum absolute atomic E-state index is 0.0324. The van der Waals surface area contributed by atoms with Crippen molar-refractivity contribution in [2.75, 3.05) is 79.0 Å². The lowest BCUT2D eigenvalue weighted by molar-refractivity contribution is -0.131. The fourth-order valence-electron chi connectivity index (χ4n) is 4.11. The Bertz CT molecular complexity index is 818. The highest BCUT2D eigenvalue weighted by molar-refractivity contribution is 7.89. The van der Waals surface area contributed by atoms with Gasteiger partial charge in [0.05, 0.1) is 4.90 Å². The van der Waals surface area contributed by atoms with Crippen LogP contribution in [0.4, 0.5) is 0 Å². The van der Waals surface area contributed by atoms with E-state index in [1.807, 2.05) is 17.9 Å². The van der Waals surface area contributed by atoms with Crippen molar-refractivity contribution in [3.8, 4) is 0 Å². The molecule has 2 fully saturated rings. The fraction of sp³-hybridized carbons (Fsp3) is 0.682. The van der Waals surface area contributed by atoms with E-state index < -0.39 is 10.0 Å². The number of sulfonamides is 1. The third kappa shape index (κ3) is 6.98. The van der Waals surface area contributed by atoms with E-state index in [2.05, 4.69) is 22.2 Å². The predicted octanol–water partition coefficient (Wildman–Crippen LogP) is 0.445. The Labute approximate surface area is 187 Å². The second-order valence-electron chi connectivity index (χ2n) is 8.60. The van der Waals surface area contributed by atoms with Crippen molar-refractivity contribution in [1.29, 1.82) is 0 Å². The minimum Gasteiger partial charge on any atom is -0.340 e. The zero-order chi connectivity index (χ0) is 22.3. The summed E-state index contributed by atoms with van der Waals surface area (Å²) in [5.41, 5.74) is 0.912. The van der Waals surface area contributed by atoms with E-state index in [4.69, 9.17) is 0 Å². The summed E-state index contributed by atoms with van der Waals surface area (Å²) in [6.45, 7) is 10.5. The van der Waals surface area contributed by atoms with E-state index in [0.29, 0.717) is 24.5 Å². The predicted molar refractivity (Wildman–Crippen MR) is 123 cm³/mol. The lowest BCUT2D eigenvalue weighted by Gasteiger charge is -2.33. The summed E-state index contributed by atoms with van der Waals surface area (Å²) < 4.78 is 28.3. The topological polar surface area (TPSA) is 76.2 Å². The Morgan fingerprint density at radius 2 is 1.77 bits per heavy atom. The summed E-state index contributed by atoms with van der Waals surface area (Å²) >= 11 is 0. The van der Waals surface area contributed by atoms with Gasteiger partial charge in [-0.25, -0.2) is 8.42 Å². The van der Waals surface area contributed by atoms with Crippen LogP contribution in [0.25, 0.3) is 0 Å². The van der Waals surface area contributed by atoms with Crippen LogP contribution in [0.2, 0.25) is 0 Å². The Kier molecular flexibility index (Phi) is 8.85. The van der Waals surface area contributed by atoms with Crippen LogP contribution in [0.1, 0.15) is 18.4 Å². The van der Waals surface area contributed by atoms with Crippen molar-refractivity contribution in [2.24, 2.45) is 0 Å². The average molecular weight is 452 g/mol. The van der Waals surface area contributed by atoms with Gasteiger partial charge in [0.2, 0.25) is 15.9 Å². The first-order chi connectivity index (χ1) is 14.9. The Hall–Kier alpha value is -1.52. The number of hydrogen-bond acceptors (Lipinski definition) is 6. The van der Waals surface area contributed by atoms with Crippen LogP contribution >= 0.6 is 0 Å². The molecule has 174 valence electrons. The number of rotatable bonds is 9. The zero-order valence-corrected chi connectivity index (χ0v) is 19.7. The second-order valence-corrected chi connectivity index (χ2v) is 10.5. The van der Waals surface area contributed by atoms with Gasteiger partial charge in [-0.15, -0.1) is 0 Å². The van der Waals surface area contributed by atoms with Gasteiger partial charge in [0, 0.05) is 71.9 Å². The number of carbonyl (C=O) groups excluding carboxylic acids is 1. The molecule has 3 rings (SSSR count). The molecule has 1 aromatic carbocycles. The lowest BCUT2D eigenvalue weighted by Crippen LogP contribution is -2.47. The summed E-state index contributed by atoms with van der Waals surface area (Å²) in [6.07, 6.45) is 0.982. The monoisotopic (exact) mass is 451 g/mol. The molecule has 1 amide bonds. The smallest absolute Gasteiger partial charge is 0.243 e.